The van der Waals surface area contributed by atoms with Gasteiger partial charge in [0.1, 0.15) is 0 Å². The first-order chi connectivity index (χ1) is 7.41. The van der Waals surface area contributed by atoms with Crippen molar-refractivity contribution in [3.05, 3.63) is 34.3 Å². The van der Waals surface area contributed by atoms with Gasteiger partial charge in [-0.25, -0.2) is 0 Å². The van der Waals surface area contributed by atoms with Gasteiger partial charge in [-0.2, -0.15) is 0 Å². The largest absolute Gasteiger partial charge is 0.481 e. The van der Waals surface area contributed by atoms with Gasteiger partial charge < -0.3 is 5.11 Å². The summed E-state index contributed by atoms with van der Waals surface area (Å²) in [7, 11) is 0. The second kappa shape index (κ2) is 5.35. The second-order valence-corrected chi connectivity index (χ2v) is 4.88. The van der Waals surface area contributed by atoms with E-state index in [1.165, 1.54) is 0 Å². The van der Waals surface area contributed by atoms with E-state index < -0.39 is 5.97 Å². The van der Waals surface area contributed by atoms with Crippen LogP contribution in [0, 0.1) is 12.8 Å². The SMILES string of the molecule is Cc1ccc(C(CC(=O)O)C(C)C)c(Cl)c1. The van der Waals surface area contributed by atoms with Gasteiger partial charge in [0.15, 0.2) is 0 Å². The molecule has 0 radical (unpaired) electrons. The summed E-state index contributed by atoms with van der Waals surface area (Å²) in [6.45, 7) is 6.00. The predicted octanol–water partition coefficient (Wildman–Crippen LogP) is 3.86. The van der Waals surface area contributed by atoms with Crippen LogP contribution in [0.1, 0.15) is 37.3 Å². The van der Waals surface area contributed by atoms with Crippen LogP contribution in [0.4, 0.5) is 0 Å². The fourth-order valence-corrected chi connectivity index (χ4v) is 2.20. The molecular formula is C13H17ClO2. The van der Waals surface area contributed by atoms with Crippen molar-refractivity contribution < 1.29 is 9.90 Å². The fraction of sp³-hybridized carbons (Fsp3) is 0.462. The van der Waals surface area contributed by atoms with E-state index in [-0.39, 0.29) is 18.3 Å². The predicted molar refractivity (Wildman–Crippen MR) is 66.0 cm³/mol. The van der Waals surface area contributed by atoms with Crippen LogP contribution >= 0.6 is 11.6 Å². The Bertz CT molecular complexity index is 386. The van der Waals surface area contributed by atoms with Crippen molar-refractivity contribution in [2.45, 2.75) is 33.1 Å². The summed E-state index contributed by atoms with van der Waals surface area (Å²) < 4.78 is 0. The minimum absolute atomic E-state index is 0.0226. The minimum atomic E-state index is -0.782. The van der Waals surface area contributed by atoms with Crippen molar-refractivity contribution in [3.63, 3.8) is 0 Å². The molecular weight excluding hydrogens is 224 g/mol. The summed E-state index contributed by atoms with van der Waals surface area (Å²) >= 11 is 6.16. The Balaban J connectivity index is 3.05. The van der Waals surface area contributed by atoms with Gasteiger partial charge in [-0.05, 0) is 36.0 Å². The van der Waals surface area contributed by atoms with Crippen LogP contribution in [-0.2, 0) is 4.79 Å². The minimum Gasteiger partial charge on any atom is -0.481 e. The van der Waals surface area contributed by atoms with Gasteiger partial charge in [0, 0.05) is 5.02 Å². The van der Waals surface area contributed by atoms with Crippen LogP contribution in [0.5, 0.6) is 0 Å². The number of hydrogen-bond acceptors (Lipinski definition) is 1. The Morgan fingerprint density at radius 3 is 2.50 bits per heavy atom. The zero-order valence-corrected chi connectivity index (χ0v) is 10.6. The summed E-state index contributed by atoms with van der Waals surface area (Å²) in [6.07, 6.45) is 0.125. The molecule has 2 nitrogen and oxygen atoms in total. The number of carbonyl (C=O) groups is 1. The van der Waals surface area contributed by atoms with E-state index in [0.29, 0.717) is 5.02 Å². The van der Waals surface area contributed by atoms with Gasteiger partial charge in [-0.1, -0.05) is 37.6 Å². The third kappa shape index (κ3) is 3.24. The van der Waals surface area contributed by atoms with E-state index in [0.717, 1.165) is 11.1 Å². The van der Waals surface area contributed by atoms with Crippen molar-refractivity contribution in [3.8, 4) is 0 Å². The van der Waals surface area contributed by atoms with Crippen LogP contribution in [0.3, 0.4) is 0 Å². The molecule has 0 amide bonds. The zero-order valence-electron chi connectivity index (χ0n) is 9.83. The van der Waals surface area contributed by atoms with Gasteiger partial charge in [0.25, 0.3) is 0 Å². The number of rotatable bonds is 4. The molecule has 1 aromatic carbocycles. The molecule has 0 aliphatic carbocycles. The molecule has 1 rings (SSSR count). The number of hydrogen-bond donors (Lipinski definition) is 1. The summed E-state index contributed by atoms with van der Waals surface area (Å²) in [6, 6.07) is 5.79. The molecule has 0 saturated carbocycles. The van der Waals surface area contributed by atoms with Crippen molar-refractivity contribution in [1.29, 1.82) is 0 Å². The lowest BCUT2D eigenvalue weighted by molar-refractivity contribution is -0.137. The van der Waals surface area contributed by atoms with Crippen molar-refractivity contribution in [2.75, 3.05) is 0 Å². The third-order valence-electron chi connectivity index (χ3n) is 2.75. The average molecular weight is 241 g/mol. The Morgan fingerprint density at radius 1 is 1.44 bits per heavy atom. The van der Waals surface area contributed by atoms with Crippen LogP contribution in [-0.4, -0.2) is 11.1 Å². The standard InChI is InChI=1S/C13H17ClO2/c1-8(2)11(7-13(15)16)10-5-4-9(3)6-12(10)14/h4-6,8,11H,7H2,1-3H3,(H,15,16). The molecule has 0 aliphatic rings. The topological polar surface area (TPSA) is 37.3 Å². The van der Waals surface area contributed by atoms with Crippen molar-refractivity contribution >= 4 is 17.6 Å². The fourth-order valence-electron chi connectivity index (χ4n) is 1.83. The van der Waals surface area contributed by atoms with Gasteiger partial charge in [-0.15, -0.1) is 0 Å². The van der Waals surface area contributed by atoms with Crippen LogP contribution in [0.2, 0.25) is 5.02 Å². The van der Waals surface area contributed by atoms with E-state index in [1.807, 2.05) is 39.0 Å². The molecule has 88 valence electrons. The number of aliphatic carboxylic acids is 1. The monoisotopic (exact) mass is 240 g/mol. The molecule has 16 heavy (non-hydrogen) atoms. The highest BCUT2D eigenvalue weighted by atomic mass is 35.5. The molecule has 0 heterocycles. The summed E-state index contributed by atoms with van der Waals surface area (Å²) in [5, 5.41) is 9.56. The van der Waals surface area contributed by atoms with E-state index in [9.17, 15) is 4.79 Å². The molecule has 0 spiro atoms. The summed E-state index contributed by atoms with van der Waals surface area (Å²) in [4.78, 5) is 10.8. The molecule has 0 aliphatic heterocycles. The van der Waals surface area contributed by atoms with Gasteiger partial charge in [0.05, 0.1) is 6.42 Å². The first kappa shape index (κ1) is 13.0. The normalized spacial score (nSPS) is 12.8. The summed E-state index contributed by atoms with van der Waals surface area (Å²) in [5.41, 5.74) is 2.02. The van der Waals surface area contributed by atoms with Crippen molar-refractivity contribution in [1.82, 2.24) is 0 Å². The third-order valence-corrected chi connectivity index (χ3v) is 3.08. The maximum atomic E-state index is 10.8. The van der Waals surface area contributed by atoms with Crippen molar-refractivity contribution in [2.24, 2.45) is 5.92 Å². The van der Waals surface area contributed by atoms with Gasteiger partial charge in [0.2, 0.25) is 0 Å². The number of carboxylic acid groups (broad SMARTS) is 1. The molecule has 3 heteroatoms. The average Bonchev–Trinajstić information content (AvgIpc) is 2.14. The molecule has 1 aromatic rings. The smallest absolute Gasteiger partial charge is 0.303 e. The maximum absolute atomic E-state index is 10.8. The maximum Gasteiger partial charge on any atom is 0.303 e. The van der Waals surface area contributed by atoms with E-state index in [1.54, 1.807) is 0 Å². The number of aryl methyl sites for hydroxylation is 1. The first-order valence-corrected chi connectivity index (χ1v) is 5.77. The van der Waals surface area contributed by atoms with Gasteiger partial charge in [-0.3, -0.25) is 4.79 Å². The Hall–Kier alpha value is -1.02. The highest BCUT2D eigenvalue weighted by molar-refractivity contribution is 6.31. The zero-order chi connectivity index (χ0) is 12.3. The lowest BCUT2D eigenvalue weighted by atomic mass is 9.85. The number of carboxylic acids is 1. The molecule has 0 saturated heterocycles. The van der Waals surface area contributed by atoms with E-state index >= 15 is 0 Å². The first-order valence-electron chi connectivity index (χ1n) is 5.39. The molecule has 0 bridgehead atoms. The van der Waals surface area contributed by atoms with E-state index in [4.69, 9.17) is 16.7 Å². The van der Waals surface area contributed by atoms with Gasteiger partial charge >= 0.3 is 5.97 Å². The lowest BCUT2D eigenvalue weighted by Gasteiger charge is -2.20. The summed E-state index contributed by atoms with van der Waals surface area (Å²) in [5.74, 6) is -0.544. The Kier molecular flexibility index (Phi) is 4.36. The highest BCUT2D eigenvalue weighted by Gasteiger charge is 2.21. The second-order valence-electron chi connectivity index (χ2n) is 4.47. The molecule has 1 N–H and O–H groups in total. The van der Waals surface area contributed by atoms with Crippen LogP contribution in [0.25, 0.3) is 0 Å². The number of halogens is 1. The van der Waals surface area contributed by atoms with Crippen LogP contribution in [0.15, 0.2) is 18.2 Å². The molecule has 1 unspecified atom stereocenters. The number of benzene rings is 1. The van der Waals surface area contributed by atoms with E-state index in [2.05, 4.69) is 0 Å². The Labute approximate surface area is 101 Å². The van der Waals surface area contributed by atoms with Crippen LogP contribution < -0.4 is 0 Å². The highest BCUT2D eigenvalue weighted by Crippen LogP contribution is 2.33. The quantitative estimate of drug-likeness (QED) is 0.868. The lowest BCUT2D eigenvalue weighted by Crippen LogP contribution is -2.12. The molecule has 0 aromatic heterocycles. The molecule has 0 fully saturated rings. The molecule has 1 atom stereocenters. The Morgan fingerprint density at radius 2 is 2.06 bits per heavy atom.